The van der Waals surface area contributed by atoms with Crippen molar-refractivity contribution in [3.63, 3.8) is 0 Å². The third kappa shape index (κ3) is 1.82. The molecular formula is C12H15NO2. The maximum Gasteiger partial charge on any atom is 0.142 e. The Morgan fingerprint density at radius 3 is 2.93 bits per heavy atom. The van der Waals surface area contributed by atoms with Crippen LogP contribution in [0.4, 0.5) is 5.69 Å². The van der Waals surface area contributed by atoms with Gasteiger partial charge in [0.25, 0.3) is 0 Å². The molecule has 0 radical (unpaired) electrons. The molecule has 0 spiro atoms. The van der Waals surface area contributed by atoms with Crippen LogP contribution in [0.2, 0.25) is 0 Å². The van der Waals surface area contributed by atoms with E-state index in [-0.39, 0.29) is 5.78 Å². The fourth-order valence-electron chi connectivity index (χ4n) is 1.93. The normalized spacial score (nSPS) is 15.2. The van der Waals surface area contributed by atoms with E-state index >= 15 is 0 Å². The second-order valence-electron chi connectivity index (χ2n) is 3.83. The number of nitrogens with one attached hydrogen (secondary N) is 1. The quantitative estimate of drug-likeness (QED) is 0.761. The lowest BCUT2D eigenvalue weighted by molar-refractivity contribution is -0.118. The Labute approximate surface area is 89.4 Å². The topological polar surface area (TPSA) is 38.3 Å². The molecule has 0 saturated carbocycles. The van der Waals surface area contributed by atoms with Crippen LogP contribution in [0.5, 0.6) is 5.75 Å². The highest BCUT2D eigenvalue weighted by Crippen LogP contribution is 2.32. The molecule has 2 rings (SSSR count). The molecule has 3 heteroatoms. The zero-order valence-corrected chi connectivity index (χ0v) is 9.09. The molecule has 1 aliphatic heterocycles. The van der Waals surface area contributed by atoms with Crippen LogP contribution in [-0.2, 0) is 11.2 Å². The summed E-state index contributed by atoms with van der Waals surface area (Å²) in [6.45, 7) is 2.73. The van der Waals surface area contributed by atoms with Crippen molar-refractivity contribution in [2.75, 3.05) is 19.0 Å². The first-order valence-corrected chi connectivity index (χ1v) is 5.14. The Morgan fingerprint density at radius 1 is 1.40 bits per heavy atom. The largest absolute Gasteiger partial charge is 0.495 e. The number of anilines is 1. The minimum absolute atomic E-state index is 0.289. The molecule has 1 aromatic carbocycles. The molecule has 1 aromatic rings. The maximum absolute atomic E-state index is 11.5. The van der Waals surface area contributed by atoms with E-state index in [0.717, 1.165) is 22.6 Å². The molecule has 0 aromatic heterocycles. The third-order valence-electron chi connectivity index (χ3n) is 2.81. The summed E-state index contributed by atoms with van der Waals surface area (Å²) >= 11 is 0. The number of methoxy groups -OCH3 is 1. The van der Waals surface area contributed by atoms with Crippen molar-refractivity contribution >= 4 is 11.5 Å². The van der Waals surface area contributed by atoms with Crippen molar-refractivity contribution < 1.29 is 9.53 Å². The zero-order chi connectivity index (χ0) is 10.8. The number of aryl methyl sites for hydroxylation is 1. The number of Topliss-reactive ketones (excluding diaryl/α,β-unsaturated/α-hetero) is 1. The van der Waals surface area contributed by atoms with Gasteiger partial charge in [0.15, 0.2) is 0 Å². The van der Waals surface area contributed by atoms with E-state index in [1.807, 2.05) is 19.1 Å². The first kappa shape index (κ1) is 10.0. The van der Waals surface area contributed by atoms with Gasteiger partial charge in [-0.2, -0.15) is 0 Å². The lowest BCUT2D eigenvalue weighted by atomic mass is 10.0. The molecule has 0 saturated heterocycles. The molecule has 0 amide bonds. The van der Waals surface area contributed by atoms with Gasteiger partial charge in [0.1, 0.15) is 11.5 Å². The highest BCUT2D eigenvalue weighted by atomic mass is 16.5. The summed E-state index contributed by atoms with van der Waals surface area (Å²) in [7, 11) is 1.65. The van der Waals surface area contributed by atoms with Gasteiger partial charge in [0, 0.05) is 19.4 Å². The van der Waals surface area contributed by atoms with Gasteiger partial charge in [-0.05, 0) is 24.1 Å². The summed E-state index contributed by atoms with van der Waals surface area (Å²) in [4.78, 5) is 11.5. The van der Waals surface area contributed by atoms with Crippen LogP contribution in [-0.4, -0.2) is 19.4 Å². The van der Waals surface area contributed by atoms with Gasteiger partial charge in [-0.3, -0.25) is 4.79 Å². The van der Waals surface area contributed by atoms with E-state index in [2.05, 4.69) is 5.32 Å². The predicted octanol–water partition coefficient (Wildman–Crippen LogP) is 1.93. The Bertz CT molecular complexity index is 399. The van der Waals surface area contributed by atoms with Crippen LogP contribution in [0.25, 0.3) is 0 Å². The highest BCUT2D eigenvalue weighted by Gasteiger charge is 2.18. The molecule has 1 aliphatic rings. The number of ether oxygens (including phenoxy) is 1. The van der Waals surface area contributed by atoms with E-state index in [0.29, 0.717) is 19.4 Å². The minimum Gasteiger partial charge on any atom is -0.495 e. The molecule has 0 fully saturated rings. The number of benzene rings is 1. The number of carbonyl (C=O) groups excluding carboxylic acids is 1. The van der Waals surface area contributed by atoms with Crippen LogP contribution in [0.3, 0.4) is 0 Å². The molecule has 0 atom stereocenters. The van der Waals surface area contributed by atoms with Gasteiger partial charge in [-0.25, -0.2) is 0 Å². The van der Waals surface area contributed by atoms with Gasteiger partial charge < -0.3 is 10.1 Å². The monoisotopic (exact) mass is 205 g/mol. The van der Waals surface area contributed by atoms with Crippen LogP contribution >= 0.6 is 0 Å². The van der Waals surface area contributed by atoms with Crippen molar-refractivity contribution in [3.8, 4) is 5.75 Å². The SMILES string of the molecule is COc1ccc(C)c2c1NCCC(=O)C2. The molecule has 15 heavy (non-hydrogen) atoms. The Balaban J connectivity index is 2.52. The van der Waals surface area contributed by atoms with Crippen LogP contribution < -0.4 is 10.1 Å². The number of ketones is 1. The second kappa shape index (κ2) is 3.93. The number of hydrogen-bond donors (Lipinski definition) is 1. The lowest BCUT2D eigenvalue weighted by Crippen LogP contribution is -2.04. The van der Waals surface area contributed by atoms with Crippen molar-refractivity contribution in [1.29, 1.82) is 0 Å². The first-order valence-electron chi connectivity index (χ1n) is 5.14. The standard InChI is InChI=1S/C12H15NO2/c1-8-3-4-11(15-2)12-10(8)7-9(14)5-6-13-12/h3-4,13H,5-7H2,1-2H3. The third-order valence-corrected chi connectivity index (χ3v) is 2.81. The minimum atomic E-state index is 0.289. The molecule has 80 valence electrons. The number of rotatable bonds is 1. The first-order chi connectivity index (χ1) is 7.22. The average Bonchev–Trinajstić information content (AvgIpc) is 2.41. The smallest absolute Gasteiger partial charge is 0.142 e. The highest BCUT2D eigenvalue weighted by molar-refractivity contribution is 5.86. The van der Waals surface area contributed by atoms with E-state index in [4.69, 9.17) is 4.74 Å². The van der Waals surface area contributed by atoms with E-state index in [1.54, 1.807) is 7.11 Å². The fraction of sp³-hybridized carbons (Fsp3) is 0.417. The molecule has 3 nitrogen and oxygen atoms in total. The molecule has 0 unspecified atom stereocenters. The van der Waals surface area contributed by atoms with Crippen molar-refractivity contribution in [1.82, 2.24) is 0 Å². The second-order valence-corrected chi connectivity index (χ2v) is 3.83. The van der Waals surface area contributed by atoms with E-state index in [9.17, 15) is 4.79 Å². The van der Waals surface area contributed by atoms with Crippen LogP contribution in [0.15, 0.2) is 12.1 Å². The number of fused-ring (bicyclic) bond motifs is 1. The summed E-state index contributed by atoms with van der Waals surface area (Å²) in [5.41, 5.74) is 3.22. The van der Waals surface area contributed by atoms with Gasteiger partial charge in [0.05, 0.1) is 12.8 Å². The maximum atomic E-state index is 11.5. The predicted molar refractivity (Wildman–Crippen MR) is 59.5 cm³/mol. The molecular weight excluding hydrogens is 190 g/mol. The summed E-state index contributed by atoms with van der Waals surface area (Å²) in [6.07, 6.45) is 1.11. The summed E-state index contributed by atoms with van der Waals surface area (Å²) in [5.74, 6) is 1.11. The summed E-state index contributed by atoms with van der Waals surface area (Å²) < 4.78 is 5.28. The van der Waals surface area contributed by atoms with Crippen LogP contribution in [0, 0.1) is 6.92 Å². The van der Waals surface area contributed by atoms with Gasteiger partial charge in [0.2, 0.25) is 0 Å². The van der Waals surface area contributed by atoms with Crippen molar-refractivity contribution in [2.45, 2.75) is 19.8 Å². The summed E-state index contributed by atoms with van der Waals surface area (Å²) in [6, 6.07) is 3.94. The van der Waals surface area contributed by atoms with Crippen molar-refractivity contribution in [3.05, 3.63) is 23.3 Å². The summed E-state index contributed by atoms with van der Waals surface area (Å²) in [5, 5.41) is 3.27. The number of hydrogen-bond acceptors (Lipinski definition) is 3. The molecule has 1 N–H and O–H groups in total. The zero-order valence-electron chi connectivity index (χ0n) is 9.09. The lowest BCUT2D eigenvalue weighted by Gasteiger charge is -2.14. The Kier molecular flexibility index (Phi) is 2.62. The van der Waals surface area contributed by atoms with E-state index in [1.165, 1.54) is 0 Å². The van der Waals surface area contributed by atoms with Crippen molar-refractivity contribution in [2.24, 2.45) is 0 Å². The van der Waals surface area contributed by atoms with Gasteiger partial charge in [-0.1, -0.05) is 6.07 Å². The molecule has 0 aliphatic carbocycles. The van der Waals surface area contributed by atoms with E-state index < -0.39 is 0 Å². The van der Waals surface area contributed by atoms with Gasteiger partial charge in [-0.15, -0.1) is 0 Å². The fourth-order valence-corrected chi connectivity index (χ4v) is 1.93. The average molecular weight is 205 g/mol. The Hall–Kier alpha value is -1.51. The molecule has 0 bridgehead atoms. The van der Waals surface area contributed by atoms with Gasteiger partial charge >= 0.3 is 0 Å². The van der Waals surface area contributed by atoms with Crippen LogP contribution in [0.1, 0.15) is 17.5 Å². The number of carbonyl (C=O) groups is 1. The molecule has 1 heterocycles. The Morgan fingerprint density at radius 2 is 2.20 bits per heavy atom.